The fourth-order valence-corrected chi connectivity index (χ4v) is 24.1. The van der Waals surface area contributed by atoms with Gasteiger partial charge in [0.1, 0.15) is 40.0 Å². The summed E-state index contributed by atoms with van der Waals surface area (Å²) in [6.45, 7) is 0. The average Bonchev–Trinajstić information content (AvgIpc) is 1.48. The largest absolute Gasteiger partial charge is 0.456 e. The molecule has 9 aromatic heterocycles. The van der Waals surface area contributed by atoms with Crippen LogP contribution < -0.4 is 41.6 Å². The first-order valence-electron chi connectivity index (χ1n) is 39.0. The van der Waals surface area contributed by atoms with E-state index in [1.807, 2.05) is 24.7 Å². The van der Waals surface area contributed by atoms with Crippen LogP contribution in [0.3, 0.4) is 0 Å². The van der Waals surface area contributed by atoms with Gasteiger partial charge in [0, 0.05) is 83.5 Å². The van der Waals surface area contributed by atoms with E-state index in [9.17, 15) is 0 Å². The second-order valence-corrected chi connectivity index (χ2v) is 32.0. The van der Waals surface area contributed by atoms with Crippen LogP contribution in [-0.2, 0) is 17.0 Å². The van der Waals surface area contributed by atoms with Crippen LogP contribution in [0.25, 0.3) is 195 Å². The summed E-state index contributed by atoms with van der Waals surface area (Å²) in [7, 11) is 0. The molecule has 0 saturated carbocycles. The maximum absolute atomic E-state index is 6.79. The monoisotopic (exact) mass is 1450 g/mol. The number of hydrogen-bond acceptors (Lipinski definition) is 7. The van der Waals surface area contributed by atoms with E-state index in [2.05, 4.69) is 300 Å². The summed E-state index contributed by atoms with van der Waals surface area (Å²) in [5.74, 6) is 5.56. The van der Waals surface area contributed by atoms with Gasteiger partial charge in [-0.25, -0.2) is 0 Å². The molecule has 9 aliphatic rings. The van der Waals surface area contributed by atoms with Crippen molar-refractivity contribution in [3.63, 3.8) is 0 Å². The second kappa shape index (κ2) is 18.6. The molecule has 13 nitrogen and oxygen atoms in total. The zero-order valence-corrected chi connectivity index (χ0v) is 60.1. The molecular weight excluding hydrogens is 1400 g/mol. The molecule has 18 heterocycles. The molecule has 24 aromatic rings. The minimum absolute atomic E-state index is 0.562. The van der Waals surface area contributed by atoms with E-state index < -0.39 is 17.0 Å². The lowest BCUT2D eigenvalue weighted by Gasteiger charge is -2.26. The molecule has 0 amide bonds. The third-order valence-electron chi connectivity index (χ3n) is 27.7. The van der Waals surface area contributed by atoms with Crippen LogP contribution in [0, 0.1) is 0 Å². The Morgan fingerprint density at radius 3 is 0.833 bits per heavy atom. The molecule has 516 valence electrons. The Kier molecular flexibility index (Phi) is 9.26. The van der Waals surface area contributed by atoms with Gasteiger partial charge in [-0.2, -0.15) is 0 Å². The van der Waals surface area contributed by atoms with E-state index in [-0.39, 0.29) is 0 Å². The van der Waals surface area contributed by atoms with E-state index in [4.69, 9.17) is 29.2 Å². The van der Waals surface area contributed by atoms with Gasteiger partial charge in [0.2, 0.25) is 33.1 Å². The Morgan fingerprint density at radius 2 is 0.456 bits per heavy atom. The molecule has 0 N–H and O–H groups in total. The molecule has 0 fully saturated rings. The number of fused-ring (bicyclic) bond motifs is 18. The molecule has 0 bridgehead atoms. The fourth-order valence-electron chi connectivity index (χ4n) is 24.1. The van der Waals surface area contributed by atoms with Crippen molar-refractivity contribution in [1.82, 2.24) is 19.9 Å². The maximum atomic E-state index is 6.79. The van der Waals surface area contributed by atoms with E-state index in [1.54, 1.807) is 12.4 Å². The number of nitrogens with zero attached hydrogens (tertiary/aromatic N) is 10. The predicted octanol–water partition coefficient (Wildman–Crippen LogP) is 19.2. The van der Waals surface area contributed by atoms with Crippen LogP contribution in [0.4, 0.5) is 0 Å². The molecule has 3 unspecified atom stereocenters. The van der Waals surface area contributed by atoms with E-state index in [0.29, 0.717) is 0 Å². The fraction of sp³-hybridized carbons (Fsp3) is 0.0297. The Morgan fingerprint density at radius 1 is 0.193 bits per heavy atom. The SMILES string of the molecule is c1ccc2c(c1)c1ccc3c4c1c1c2ccc[n+]1C41c2c(ccc4c5cccnc5c5ccc[n+]1c5c24)O3.c1ccc2c(c1)c1ccc3c4c1c1c2ccc[n+]1C41c2c(ccc4c5ccncc5c5ccc[n+]1c5c24)O3.c1ccc2c(c1)c1ccc3c4c1c1c2ccc[n+]1C41c2c(ccc4c5nccnc5c5ccc[n+]1c5c24)O3. The highest BCUT2D eigenvalue weighted by Crippen LogP contribution is 2.63. The zero-order valence-electron chi connectivity index (χ0n) is 60.1. The van der Waals surface area contributed by atoms with Crippen molar-refractivity contribution < 1.29 is 41.6 Å². The smallest absolute Gasteiger partial charge is 0.425 e. The van der Waals surface area contributed by atoms with Crippen molar-refractivity contribution in [2.24, 2.45) is 0 Å². The zero-order chi connectivity index (χ0) is 73.0. The number of aromatic nitrogens is 10. The van der Waals surface area contributed by atoms with Crippen molar-refractivity contribution in [3.05, 3.63) is 338 Å². The van der Waals surface area contributed by atoms with Crippen LogP contribution >= 0.6 is 0 Å². The van der Waals surface area contributed by atoms with Crippen LogP contribution in [0.5, 0.6) is 34.5 Å². The Bertz CT molecular complexity index is 7800. The third kappa shape index (κ3) is 5.74. The summed E-state index contributed by atoms with van der Waals surface area (Å²) in [4.78, 5) is 19.0. The highest BCUT2D eigenvalue weighted by molar-refractivity contribution is 6.32. The van der Waals surface area contributed by atoms with Crippen LogP contribution in [0.15, 0.2) is 305 Å². The first-order chi connectivity index (χ1) is 56.6. The van der Waals surface area contributed by atoms with Gasteiger partial charge in [-0.1, -0.05) is 78.9 Å². The highest BCUT2D eigenvalue weighted by atomic mass is 16.5. The molecule has 33 rings (SSSR count). The summed E-state index contributed by atoms with van der Waals surface area (Å²) in [5, 5.41) is 33.6. The Labute approximate surface area is 642 Å². The van der Waals surface area contributed by atoms with Crippen molar-refractivity contribution in [3.8, 4) is 34.5 Å². The van der Waals surface area contributed by atoms with E-state index >= 15 is 0 Å². The van der Waals surface area contributed by atoms with Crippen molar-refractivity contribution >= 4 is 195 Å². The van der Waals surface area contributed by atoms with Gasteiger partial charge in [-0.3, -0.25) is 19.9 Å². The predicted molar refractivity (Wildman–Crippen MR) is 441 cm³/mol. The number of ether oxygens (including phenoxy) is 3. The molecule has 3 atom stereocenters. The quantitative estimate of drug-likeness (QED) is 0.110. The summed E-state index contributed by atoms with van der Waals surface area (Å²) in [6.07, 6.45) is 22.9. The van der Waals surface area contributed by atoms with Crippen molar-refractivity contribution in [2.75, 3.05) is 0 Å². The summed E-state index contributed by atoms with van der Waals surface area (Å²) in [5.41, 5.74) is 16.0. The molecule has 13 heteroatoms. The first kappa shape index (κ1) is 56.8. The number of pyridine rings is 8. The average molecular weight is 1450 g/mol. The molecule has 0 saturated heterocycles. The van der Waals surface area contributed by atoms with Gasteiger partial charge in [-0.15, -0.1) is 27.4 Å². The first-order valence-corrected chi connectivity index (χ1v) is 39.0. The topological polar surface area (TPSA) is 103 Å². The van der Waals surface area contributed by atoms with Crippen molar-refractivity contribution in [1.29, 1.82) is 0 Å². The third-order valence-corrected chi connectivity index (χ3v) is 27.7. The number of benzene rings is 15. The number of rotatable bonds is 0. The van der Waals surface area contributed by atoms with Gasteiger partial charge in [0.25, 0.3) is 0 Å². The minimum Gasteiger partial charge on any atom is -0.456 e. The lowest BCUT2D eigenvalue weighted by atomic mass is 9.84. The highest BCUT2D eigenvalue weighted by Gasteiger charge is 2.73. The van der Waals surface area contributed by atoms with Gasteiger partial charge in [-0.05, 0) is 186 Å². The molecular formula is C101H50N10O3+6. The summed E-state index contributed by atoms with van der Waals surface area (Å²) in [6, 6.07) is 85.7. The molecule has 9 aliphatic heterocycles. The van der Waals surface area contributed by atoms with Gasteiger partial charge in [0.05, 0.1) is 75.7 Å². The molecule has 0 aliphatic carbocycles. The molecule has 0 radical (unpaired) electrons. The van der Waals surface area contributed by atoms with Crippen LogP contribution in [0.1, 0.15) is 33.4 Å². The second-order valence-electron chi connectivity index (χ2n) is 32.0. The Balaban J connectivity index is 0.0000000853. The van der Waals surface area contributed by atoms with Gasteiger partial charge < -0.3 is 14.2 Å². The van der Waals surface area contributed by atoms with Crippen LogP contribution in [-0.4, -0.2) is 19.9 Å². The van der Waals surface area contributed by atoms with E-state index in [0.717, 1.165) is 61.8 Å². The maximum Gasteiger partial charge on any atom is 0.425 e. The molecule has 114 heavy (non-hydrogen) atoms. The normalized spacial score (nSPS) is 17.8. The van der Waals surface area contributed by atoms with Crippen LogP contribution in [0.2, 0.25) is 0 Å². The standard InChI is InChI=1S/2C34H17N3O.C33H16N4O/c1-2-7-19-18(6-1)20-11-13-25-29-27(20)32-23(19)9-4-16-36(32)34(29)30-26(38-25)14-12-21-22-8-3-15-35-31(22)24-10-5-17-37(34)33(24)28(21)30;1-2-6-19-18(5-1)21-9-11-26-30-28(21)32-23(19)7-3-15-36(32)34(30)31-27(38-26)12-10-22-20-13-14-35-17-25(20)24-8-4-16-37(34)33(24)29(22)31;1-2-6-18-17(5-1)19-9-11-23-27-25(19)31-20(18)7-3-15-36(31)33(27)28-24(38-23)12-10-21-26(28)32-22(8-4-16-37(32)33)30-29(21)34-13-14-35-30/h2*1-17H;1-16H/q3*+2. The number of hydrogen-bond donors (Lipinski definition) is 0. The van der Waals surface area contributed by atoms with Gasteiger partial charge >= 0.3 is 17.0 Å². The van der Waals surface area contributed by atoms with Gasteiger partial charge in [0.15, 0.2) is 70.6 Å². The van der Waals surface area contributed by atoms with E-state index in [1.165, 1.54) is 201 Å². The summed E-state index contributed by atoms with van der Waals surface area (Å²) < 4.78 is 35.4. The summed E-state index contributed by atoms with van der Waals surface area (Å²) >= 11 is 0. The minimum atomic E-state index is -0.597. The van der Waals surface area contributed by atoms with Crippen molar-refractivity contribution in [2.45, 2.75) is 17.0 Å². The lowest BCUT2D eigenvalue weighted by molar-refractivity contribution is -0.945. The lowest BCUT2D eigenvalue weighted by Crippen LogP contribution is -2.72. The molecule has 15 aromatic carbocycles. The Hall–Kier alpha value is -15.3. The molecule has 3 spiro atoms.